The van der Waals surface area contributed by atoms with Gasteiger partial charge in [0.05, 0.1) is 12.2 Å². The Morgan fingerprint density at radius 3 is 2.81 bits per heavy atom. The zero-order chi connectivity index (χ0) is 18.4. The summed E-state index contributed by atoms with van der Waals surface area (Å²) in [6.45, 7) is 1.14. The highest BCUT2D eigenvalue weighted by Crippen LogP contribution is 2.29. The Balaban J connectivity index is 1.64. The van der Waals surface area contributed by atoms with E-state index < -0.39 is 0 Å². The van der Waals surface area contributed by atoms with Crippen LogP contribution in [0.4, 0.5) is 5.69 Å². The first kappa shape index (κ1) is 17.9. The molecule has 1 aliphatic carbocycles. The minimum atomic E-state index is -0.293. The second kappa shape index (κ2) is 8.44. The largest absolute Gasteiger partial charge is 0.455 e. The van der Waals surface area contributed by atoms with Crippen LogP contribution < -0.4 is 20.7 Å². The van der Waals surface area contributed by atoms with E-state index in [1.165, 1.54) is 19.0 Å². The van der Waals surface area contributed by atoms with Crippen molar-refractivity contribution in [1.82, 2.24) is 15.6 Å². The molecule has 7 heteroatoms. The first-order valence-corrected chi connectivity index (χ1v) is 8.61. The summed E-state index contributed by atoms with van der Waals surface area (Å²) < 4.78 is 5.84. The van der Waals surface area contributed by atoms with Gasteiger partial charge in [-0.25, -0.2) is 0 Å². The van der Waals surface area contributed by atoms with Crippen molar-refractivity contribution in [3.63, 3.8) is 0 Å². The second-order valence-corrected chi connectivity index (χ2v) is 6.18. The van der Waals surface area contributed by atoms with Crippen molar-refractivity contribution < 1.29 is 14.3 Å². The molecule has 1 fully saturated rings. The van der Waals surface area contributed by atoms with Gasteiger partial charge >= 0.3 is 0 Å². The molecule has 3 N–H and O–H groups in total. The summed E-state index contributed by atoms with van der Waals surface area (Å²) >= 11 is 0. The Bertz CT molecular complexity index is 790. The number of amides is 2. The molecule has 0 aliphatic heterocycles. The maximum absolute atomic E-state index is 12.1. The number of ether oxygens (including phenoxy) is 1. The maximum atomic E-state index is 12.1. The highest BCUT2D eigenvalue weighted by Gasteiger charge is 2.20. The quantitative estimate of drug-likeness (QED) is 0.676. The van der Waals surface area contributed by atoms with Crippen molar-refractivity contribution in [2.45, 2.75) is 12.8 Å². The molecule has 0 unspecified atom stereocenters. The first-order valence-electron chi connectivity index (χ1n) is 8.61. The lowest BCUT2D eigenvalue weighted by Crippen LogP contribution is -2.29. The smallest absolute Gasteiger partial charge is 0.269 e. The van der Waals surface area contributed by atoms with Crippen LogP contribution in [-0.4, -0.2) is 36.9 Å². The van der Waals surface area contributed by atoms with Crippen LogP contribution in [0.2, 0.25) is 0 Å². The predicted octanol–water partition coefficient (Wildman–Crippen LogP) is 2.17. The number of aromatic nitrogens is 1. The summed E-state index contributed by atoms with van der Waals surface area (Å²) in [5, 5.41) is 8.53. The van der Waals surface area contributed by atoms with Crippen LogP contribution in [0.15, 0.2) is 42.6 Å². The Morgan fingerprint density at radius 1 is 1.23 bits per heavy atom. The number of pyridine rings is 1. The monoisotopic (exact) mass is 354 g/mol. The van der Waals surface area contributed by atoms with E-state index in [9.17, 15) is 9.59 Å². The molecule has 1 aromatic heterocycles. The van der Waals surface area contributed by atoms with E-state index in [2.05, 4.69) is 20.9 Å². The van der Waals surface area contributed by atoms with Gasteiger partial charge < -0.3 is 20.7 Å². The molecule has 1 heterocycles. The molecule has 0 spiro atoms. The van der Waals surface area contributed by atoms with E-state index in [0.29, 0.717) is 17.2 Å². The average molecular weight is 354 g/mol. The topological polar surface area (TPSA) is 92.4 Å². The molecule has 2 aromatic rings. The molecular formula is C19H22N4O3. The van der Waals surface area contributed by atoms with Gasteiger partial charge in [0.15, 0.2) is 5.75 Å². The van der Waals surface area contributed by atoms with Crippen molar-refractivity contribution in [3.05, 3.63) is 48.3 Å². The van der Waals surface area contributed by atoms with Crippen LogP contribution in [0.25, 0.3) is 0 Å². The fraction of sp³-hybridized carbons (Fsp3) is 0.316. The zero-order valence-corrected chi connectivity index (χ0v) is 14.6. The van der Waals surface area contributed by atoms with E-state index >= 15 is 0 Å². The second-order valence-electron chi connectivity index (χ2n) is 6.18. The Kier molecular flexibility index (Phi) is 5.80. The molecular weight excluding hydrogens is 332 g/mol. The van der Waals surface area contributed by atoms with Crippen molar-refractivity contribution in [2.24, 2.45) is 5.92 Å². The number of benzene rings is 1. The number of anilines is 1. The molecule has 0 atom stereocenters. The van der Waals surface area contributed by atoms with Crippen molar-refractivity contribution >= 4 is 17.5 Å². The van der Waals surface area contributed by atoms with Crippen LogP contribution in [0.1, 0.15) is 23.3 Å². The van der Waals surface area contributed by atoms with Crippen molar-refractivity contribution in [2.75, 3.05) is 25.5 Å². The van der Waals surface area contributed by atoms with E-state index in [0.717, 1.165) is 12.5 Å². The number of nitrogens with one attached hydrogen (secondary N) is 3. The molecule has 1 saturated carbocycles. The van der Waals surface area contributed by atoms with Crippen LogP contribution in [0.5, 0.6) is 11.5 Å². The first-order chi connectivity index (χ1) is 12.7. The average Bonchev–Trinajstić information content (AvgIpc) is 3.47. The van der Waals surface area contributed by atoms with Gasteiger partial charge in [0.2, 0.25) is 5.91 Å². The molecule has 136 valence electrons. The number of nitrogens with zero attached hydrogens (tertiary/aromatic N) is 1. The minimum absolute atomic E-state index is 0.123. The van der Waals surface area contributed by atoms with E-state index in [-0.39, 0.29) is 24.1 Å². The highest BCUT2D eigenvalue weighted by molar-refractivity contribution is 5.94. The summed E-state index contributed by atoms with van der Waals surface area (Å²) in [5.74, 6) is 1.27. The molecule has 1 aromatic carbocycles. The van der Waals surface area contributed by atoms with Gasteiger partial charge in [-0.15, -0.1) is 0 Å². The van der Waals surface area contributed by atoms with Crippen LogP contribution in [-0.2, 0) is 4.79 Å². The number of hydrogen-bond acceptors (Lipinski definition) is 5. The third kappa shape index (κ3) is 5.03. The third-order valence-electron chi connectivity index (χ3n) is 4.00. The lowest BCUT2D eigenvalue weighted by Gasteiger charge is -2.13. The van der Waals surface area contributed by atoms with Gasteiger partial charge in [-0.3, -0.25) is 14.6 Å². The van der Waals surface area contributed by atoms with Crippen molar-refractivity contribution in [3.8, 4) is 11.5 Å². The Morgan fingerprint density at radius 2 is 2.04 bits per heavy atom. The lowest BCUT2D eigenvalue weighted by molar-refractivity contribution is -0.115. The van der Waals surface area contributed by atoms with E-state index in [1.807, 2.05) is 12.1 Å². The summed E-state index contributed by atoms with van der Waals surface area (Å²) in [6, 6.07) is 10.4. The van der Waals surface area contributed by atoms with Crippen LogP contribution in [0.3, 0.4) is 0 Å². The van der Waals surface area contributed by atoms with Crippen molar-refractivity contribution in [1.29, 1.82) is 0 Å². The number of carbonyl (C=O) groups is 2. The zero-order valence-electron chi connectivity index (χ0n) is 14.6. The molecule has 26 heavy (non-hydrogen) atoms. The summed E-state index contributed by atoms with van der Waals surface area (Å²) in [6.07, 6.45) is 3.99. The summed E-state index contributed by atoms with van der Waals surface area (Å²) in [7, 11) is 1.54. The maximum Gasteiger partial charge on any atom is 0.269 e. The Hall–Kier alpha value is -2.93. The van der Waals surface area contributed by atoms with Gasteiger partial charge in [-0.2, -0.15) is 0 Å². The summed E-state index contributed by atoms with van der Waals surface area (Å²) in [4.78, 5) is 27.8. The summed E-state index contributed by atoms with van der Waals surface area (Å²) in [5.41, 5.74) is 0.833. The fourth-order valence-electron chi connectivity index (χ4n) is 2.42. The minimum Gasteiger partial charge on any atom is -0.455 e. The fourth-order valence-corrected chi connectivity index (χ4v) is 2.42. The van der Waals surface area contributed by atoms with E-state index in [4.69, 9.17) is 4.74 Å². The van der Waals surface area contributed by atoms with Crippen LogP contribution >= 0.6 is 0 Å². The molecule has 0 saturated heterocycles. The molecule has 0 bridgehead atoms. The molecule has 7 nitrogen and oxygen atoms in total. The number of hydrogen-bond donors (Lipinski definition) is 3. The molecule has 0 radical (unpaired) electrons. The molecule has 2 amide bonds. The van der Waals surface area contributed by atoms with Gasteiger partial charge in [0.1, 0.15) is 11.4 Å². The Labute approximate surface area is 152 Å². The number of para-hydroxylation sites is 2. The molecule has 1 aliphatic rings. The van der Waals surface area contributed by atoms with Gasteiger partial charge in [-0.05, 0) is 43.5 Å². The van der Waals surface area contributed by atoms with Crippen LogP contribution in [0, 0.1) is 5.92 Å². The predicted molar refractivity (Wildman–Crippen MR) is 98.4 cm³/mol. The number of carbonyl (C=O) groups excluding carboxylic acids is 2. The van der Waals surface area contributed by atoms with Gasteiger partial charge in [0, 0.05) is 19.3 Å². The van der Waals surface area contributed by atoms with Gasteiger partial charge in [-0.1, -0.05) is 12.1 Å². The number of rotatable bonds is 8. The third-order valence-corrected chi connectivity index (χ3v) is 4.00. The standard InChI is InChI=1S/C19H22N4O3/c1-20-19(25)16-10-14(8-9-22-16)26-17-5-3-2-4-15(17)23-18(24)12-21-11-13-6-7-13/h2-5,8-10,13,21H,6-7,11-12H2,1H3,(H,20,25)(H,23,24). The SMILES string of the molecule is CNC(=O)c1cc(Oc2ccccc2NC(=O)CNCC2CC2)ccn1. The normalized spacial score (nSPS) is 13.1. The molecule has 3 rings (SSSR count). The van der Waals surface area contributed by atoms with E-state index in [1.54, 1.807) is 31.3 Å². The van der Waals surface area contributed by atoms with Gasteiger partial charge in [0.25, 0.3) is 5.91 Å². The highest BCUT2D eigenvalue weighted by atomic mass is 16.5. The lowest BCUT2D eigenvalue weighted by atomic mass is 10.2.